The topological polar surface area (TPSA) is 60.3 Å². The molecule has 0 bridgehead atoms. The maximum atomic E-state index is 5.92. The zero-order valence-corrected chi connectivity index (χ0v) is 10.7. The van der Waals surface area contributed by atoms with Crippen molar-refractivity contribution in [3.8, 4) is 11.5 Å². The van der Waals surface area contributed by atoms with Crippen LogP contribution in [0.25, 0.3) is 10.9 Å². The van der Waals surface area contributed by atoms with E-state index in [0.717, 1.165) is 35.2 Å². The zero-order chi connectivity index (χ0) is 12.8. The predicted molar refractivity (Wildman–Crippen MR) is 71.4 cm³/mol. The molecule has 1 aromatic heterocycles. The third kappa shape index (κ3) is 1.49. The number of aromatic amines is 1. The highest BCUT2D eigenvalue weighted by Gasteiger charge is 2.44. The van der Waals surface area contributed by atoms with Gasteiger partial charge in [-0.1, -0.05) is 0 Å². The summed E-state index contributed by atoms with van der Waals surface area (Å²) in [5, 5.41) is 1.16. The van der Waals surface area contributed by atoms with Crippen molar-refractivity contribution in [2.75, 3.05) is 20.8 Å². The van der Waals surface area contributed by atoms with E-state index in [0.29, 0.717) is 6.54 Å². The fraction of sp³-hybridized carbons (Fsp3) is 0.429. The molecule has 1 heterocycles. The summed E-state index contributed by atoms with van der Waals surface area (Å²) in [4.78, 5) is 3.30. The molecule has 96 valence electrons. The Morgan fingerprint density at radius 3 is 2.61 bits per heavy atom. The lowest BCUT2D eigenvalue weighted by molar-refractivity contribution is 0.397. The van der Waals surface area contributed by atoms with E-state index in [4.69, 9.17) is 15.2 Å². The van der Waals surface area contributed by atoms with E-state index < -0.39 is 0 Å². The molecule has 1 aromatic carbocycles. The molecule has 3 N–H and O–H groups in total. The first-order chi connectivity index (χ1) is 8.74. The van der Waals surface area contributed by atoms with Gasteiger partial charge in [0.1, 0.15) is 11.5 Å². The standard InChI is InChI=1S/C14H18N2O2/c1-17-9-5-10-11(14(8-15)3-4-14)7-16-13(10)12(6-9)18-2/h5-7,16H,3-4,8,15H2,1-2H3. The Labute approximate surface area is 106 Å². The maximum Gasteiger partial charge on any atom is 0.146 e. The molecule has 0 spiro atoms. The molecule has 2 aromatic rings. The average molecular weight is 246 g/mol. The molecule has 3 rings (SSSR count). The monoisotopic (exact) mass is 246 g/mol. The number of benzene rings is 1. The predicted octanol–water partition coefficient (Wildman–Crippen LogP) is 2.18. The second-order valence-electron chi connectivity index (χ2n) is 4.94. The number of H-pyrrole nitrogens is 1. The van der Waals surface area contributed by atoms with Crippen molar-refractivity contribution >= 4 is 10.9 Å². The fourth-order valence-corrected chi connectivity index (χ4v) is 2.63. The number of methoxy groups -OCH3 is 2. The van der Waals surface area contributed by atoms with Crippen molar-refractivity contribution < 1.29 is 9.47 Å². The van der Waals surface area contributed by atoms with Gasteiger partial charge in [-0.3, -0.25) is 0 Å². The molecule has 4 nitrogen and oxygen atoms in total. The van der Waals surface area contributed by atoms with Crippen LogP contribution in [-0.2, 0) is 5.41 Å². The van der Waals surface area contributed by atoms with Crippen LogP contribution in [0, 0.1) is 0 Å². The average Bonchev–Trinajstić information content (AvgIpc) is 3.10. The fourth-order valence-electron chi connectivity index (χ4n) is 2.63. The van der Waals surface area contributed by atoms with Crippen LogP contribution in [0.1, 0.15) is 18.4 Å². The summed E-state index contributed by atoms with van der Waals surface area (Å²) in [6.07, 6.45) is 4.39. The molecule has 1 aliphatic rings. The number of fused-ring (bicyclic) bond motifs is 1. The number of hydrogen-bond donors (Lipinski definition) is 2. The minimum Gasteiger partial charge on any atom is -0.497 e. The third-order valence-electron chi connectivity index (χ3n) is 4.00. The Balaban J connectivity index is 2.23. The Hall–Kier alpha value is -1.68. The lowest BCUT2D eigenvalue weighted by Crippen LogP contribution is -2.19. The first-order valence-electron chi connectivity index (χ1n) is 6.18. The summed E-state index contributed by atoms with van der Waals surface area (Å²) in [5.41, 5.74) is 8.39. The zero-order valence-electron chi connectivity index (χ0n) is 10.7. The van der Waals surface area contributed by atoms with Crippen LogP contribution >= 0.6 is 0 Å². The van der Waals surface area contributed by atoms with Gasteiger partial charge in [0, 0.05) is 29.6 Å². The molecule has 18 heavy (non-hydrogen) atoms. The van der Waals surface area contributed by atoms with Gasteiger partial charge in [0.05, 0.1) is 19.7 Å². The molecule has 0 aliphatic heterocycles. The number of rotatable bonds is 4. The molecule has 0 radical (unpaired) electrons. The van der Waals surface area contributed by atoms with E-state index in [9.17, 15) is 0 Å². The highest BCUT2D eigenvalue weighted by molar-refractivity contribution is 5.91. The number of nitrogens with two attached hydrogens (primary N) is 1. The highest BCUT2D eigenvalue weighted by atomic mass is 16.5. The van der Waals surface area contributed by atoms with Crippen molar-refractivity contribution in [3.63, 3.8) is 0 Å². The molecule has 1 aliphatic carbocycles. The Bertz CT molecular complexity index is 585. The van der Waals surface area contributed by atoms with Gasteiger partial charge in [0.25, 0.3) is 0 Å². The summed E-state index contributed by atoms with van der Waals surface area (Å²) >= 11 is 0. The minimum atomic E-state index is 0.162. The van der Waals surface area contributed by atoms with Crippen LogP contribution < -0.4 is 15.2 Å². The lowest BCUT2D eigenvalue weighted by Gasteiger charge is -2.12. The maximum absolute atomic E-state index is 5.92. The third-order valence-corrected chi connectivity index (χ3v) is 4.00. The molecular formula is C14H18N2O2. The van der Waals surface area contributed by atoms with Crippen LogP contribution in [0.4, 0.5) is 0 Å². The van der Waals surface area contributed by atoms with E-state index in [1.165, 1.54) is 5.56 Å². The molecule has 0 saturated heterocycles. The Morgan fingerprint density at radius 2 is 2.06 bits per heavy atom. The van der Waals surface area contributed by atoms with Gasteiger partial charge in [-0.05, 0) is 24.5 Å². The van der Waals surface area contributed by atoms with E-state index >= 15 is 0 Å². The smallest absolute Gasteiger partial charge is 0.146 e. The van der Waals surface area contributed by atoms with Crippen molar-refractivity contribution in [2.24, 2.45) is 5.73 Å². The van der Waals surface area contributed by atoms with Gasteiger partial charge in [0.2, 0.25) is 0 Å². The first kappa shape index (κ1) is 11.4. The highest BCUT2D eigenvalue weighted by Crippen LogP contribution is 2.50. The van der Waals surface area contributed by atoms with E-state index in [1.807, 2.05) is 6.07 Å². The SMILES string of the molecule is COc1cc(OC)c2[nH]cc(C3(CN)CC3)c2c1. The second kappa shape index (κ2) is 3.92. The number of nitrogens with one attached hydrogen (secondary N) is 1. The summed E-state index contributed by atoms with van der Waals surface area (Å²) in [7, 11) is 3.34. The number of ether oxygens (including phenoxy) is 2. The molecule has 0 amide bonds. The molecule has 1 saturated carbocycles. The molecule has 4 heteroatoms. The van der Waals surface area contributed by atoms with Crippen molar-refractivity contribution in [3.05, 3.63) is 23.9 Å². The number of aromatic nitrogens is 1. The minimum absolute atomic E-state index is 0.162. The van der Waals surface area contributed by atoms with E-state index in [1.54, 1.807) is 14.2 Å². The van der Waals surface area contributed by atoms with Gasteiger partial charge in [-0.2, -0.15) is 0 Å². The Kier molecular flexibility index (Phi) is 2.48. The van der Waals surface area contributed by atoms with Gasteiger partial charge >= 0.3 is 0 Å². The molecule has 0 atom stereocenters. The molecule has 0 unspecified atom stereocenters. The van der Waals surface area contributed by atoms with E-state index in [-0.39, 0.29) is 5.41 Å². The normalized spacial score (nSPS) is 16.8. The quantitative estimate of drug-likeness (QED) is 0.869. The van der Waals surface area contributed by atoms with Crippen LogP contribution in [-0.4, -0.2) is 25.7 Å². The summed E-state index contributed by atoms with van der Waals surface area (Å²) in [6, 6.07) is 3.95. The summed E-state index contributed by atoms with van der Waals surface area (Å²) in [5.74, 6) is 1.62. The van der Waals surface area contributed by atoms with E-state index in [2.05, 4.69) is 17.2 Å². The van der Waals surface area contributed by atoms with Gasteiger partial charge in [0.15, 0.2) is 0 Å². The van der Waals surface area contributed by atoms with Gasteiger partial charge in [-0.15, -0.1) is 0 Å². The summed E-state index contributed by atoms with van der Waals surface area (Å²) in [6.45, 7) is 0.694. The first-order valence-corrected chi connectivity index (χ1v) is 6.18. The van der Waals surface area contributed by atoms with Crippen molar-refractivity contribution in [1.29, 1.82) is 0 Å². The van der Waals surface area contributed by atoms with Gasteiger partial charge < -0.3 is 20.2 Å². The van der Waals surface area contributed by atoms with Crippen molar-refractivity contribution in [2.45, 2.75) is 18.3 Å². The largest absolute Gasteiger partial charge is 0.497 e. The second-order valence-corrected chi connectivity index (χ2v) is 4.94. The molecular weight excluding hydrogens is 228 g/mol. The van der Waals surface area contributed by atoms with Gasteiger partial charge in [-0.25, -0.2) is 0 Å². The summed E-state index contributed by atoms with van der Waals surface area (Å²) < 4.78 is 10.7. The van der Waals surface area contributed by atoms with Crippen LogP contribution in [0.3, 0.4) is 0 Å². The Morgan fingerprint density at radius 1 is 1.28 bits per heavy atom. The van der Waals surface area contributed by atoms with Crippen LogP contribution in [0.15, 0.2) is 18.3 Å². The molecule has 1 fully saturated rings. The lowest BCUT2D eigenvalue weighted by atomic mass is 9.95. The number of hydrogen-bond acceptors (Lipinski definition) is 3. The van der Waals surface area contributed by atoms with Crippen LogP contribution in [0.5, 0.6) is 11.5 Å². The van der Waals surface area contributed by atoms with Crippen molar-refractivity contribution in [1.82, 2.24) is 4.98 Å². The van der Waals surface area contributed by atoms with Crippen LogP contribution in [0.2, 0.25) is 0 Å².